The molecule has 1 aromatic carbocycles. The molecule has 0 spiro atoms. The molecule has 1 N–H and O–H groups in total. The van der Waals surface area contributed by atoms with Crippen LogP contribution >= 0.6 is 0 Å². The second-order valence-corrected chi connectivity index (χ2v) is 4.22. The highest BCUT2D eigenvalue weighted by molar-refractivity contribution is 5.97. The molecule has 3 rings (SSSR count). The van der Waals surface area contributed by atoms with Crippen molar-refractivity contribution >= 4 is 11.6 Å². The van der Waals surface area contributed by atoms with Crippen molar-refractivity contribution < 1.29 is 4.79 Å². The lowest BCUT2D eigenvalue weighted by Gasteiger charge is -2.30. The zero-order valence-corrected chi connectivity index (χ0v) is 8.57. The lowest BCUT2D eigenvalue weighted by atomic mass is 10.0. The summed E-state index contributed by atoms with van der Waals surface area (Å²) in [5, 5.41) is 3.14. The van der Waals surface area contributed by atoms with Crippen LogP contribution in [0.2, 0.25) is 0 Å². The van der Waals surface area contributed by atoms with Crippen molar-refractivity contribution in [3.8, 4) is 0 Å². The van der Waals surface area contributed by atoms with Gasteiger partial charge in [-0.25, -0.2) is 0 Å². The Morgan fingerprint density at radius 3 is 2.87 bits per heavy atom. The van der Waals surface area contributed by atoms with E-state index >= 15 is 0 Å². The number of nitrogens with zero attached hydrogens (tertiary/aromatic N) is 1. The highest BCUT2D eigenvalue weighted by Crippen LogP contribution is 2.29. The molecule has 0 aliphatic carbocycles. The summed E-state index contributed by atoms with van der Waals surface area (Å²) in [6, 6.07) is 8.20. The minimum Gasteiger partial charge on any atom is -0.315 e. The second-order valence-electron chi connectivity index (χ2n) is 4.22. The van der Waals surface area contributed by atoms with Crippen LogP contribution in [0.3, 0.4) is 0 Å². The van der Waals surface area contributed by atoms with Gasteiger partial charge in [-0.05, 0) is 18.1 Å². The first kappa shape index (κ1) is 8.92. The Hall–Kier alpha value is -1.35. The highest BCUT2D eigenvalue weighted by Gasteiger charge is 2.32. The van der Waals surface area contributed by atoms with E-state index in [9.17, 15) is 4.79 Å². The van der Waals surface area contributed by atoms with Gasteiger partial charge in [-0.2, -0.15) is 0 Å². The summed E-state index contributed by atoms with van der Waals surface area (Å²) in [5.41, 5.74) is 2.42. The molecule has 1 aromatic rings. The van der Waals surface area contributed by atoms with E-state index in [-0.39, 0.29) is 5.92 Å². The third kappa shape index (κ3) is 1.35. The molecule has 1 saturated heterocycles. The van der Waals surface area contributed by atoms with Crippen LogP contribution < -0.4 is 10.2 Å². The Kier molecular flexibility index (Phi) is 1.99. The number of para-hydroxylation sites is 1. The van der Waals surface area contributed by atoms with Crippen LogP contribution in [0.4, 0.5) is 5.69 Å². The first-order valence-corrected chi connectivity index (χ1v) is 5.46. The lowest BCUT2D eigenvalue weighted by molar-refractivity contribution is -0.123. The van der Waals surface area contributed by atoms with Gasteiger partial charge in [0.15, 0.2) is 0 Å². The number of benzene rings is 1. The summed E-state index contributed by atoms with van der Waals surface area (Å²) in [4.78, 5) is 14.0. The summed E-state index contributed by atoms with van der Waals surface area (Å²) < 4.78 is 0. The minimum absolute atomic E-state index is 0.205. The van der Waals surface area contributed by atoms with Gasteiger partial charge in [-0.3, -0.25) is 4.79 Å². The van der Waals surface area contributed by atoms with Crippen molar-refractivity contribution in [3.63, 3.8) is 0 Å². The van der Waals surface area contributed by atoms with Crippen molar-refractivity contribution in [1.29, 1.82) is 0 Å². The number of hydrogen-bond acceptors (Lipinski definition) is 2. The van der Waals surface area contributed by atoms with Crippen molar-refractivity contribution in [2.24, 2.45) is 5.92 Å². The first-order chi connectivity index (χ1) is 7.36. The molecule has 78 valence electrons. The molecule has 2 heterocycles. The van der Waals surface area contributed by atoms with Gasteiger partial charge in [0.2, 0.25) is 5.91 Å². The molecule has 0 aromatic heterocycles. The van der Waals surface area contributed by atoms with Crippen LogP contribution in [0.15, 0.2) is 24.3 Å². The molecule has 2 aliphatic rings. The van der Waals surface area contributed by atoms with Gasteiger partial charge in [0.1, 0.15) is 0 Å². The number of nitrogens with one attached hydrogen (secondary N) is 1. The zero-order valence-electron chi connectivity index (χ0n) is 8.57. The molecule has 1 amide bonds. The van der Waals surface area contributed by atoms with Crippen LogP contribution in [0.5, 0.6) is 0 Å². The first-order valence-electron chi connectivity index (χ1n) is 5.46. The second kappa shape index (κ2) is 3.35. The molecular weight excluding hydrogens is 188 g/mol. The molecule has 3 nitrogen and oxygen atoms in total. The summed E-state index contributed by atoms with van der Waals surface area (Å²) in [6.07, 6.45) is 1.00. The SMILES string of the molecule is O=C(C1CNC1)N1CCc2ccccc21. The van der Waals surface area contributed by atoms with E-state index in [4.69, 9.17) is 0 Å². The molecule has 2 aliphatic heterocycles. The molecule has 15 heavy (non-hydrogen) atoms. The molecule has 0 radical (unpaired) electrons. The van der Waals surface area contributed by atoms with Crippen LogP contribution in [0.1, 0.15) is 5.56 Å². The predicted molar refractivity (Wildman–Crippen MR) is 58.9 cm³/mol. The summed E-state index contributed by atoms with van der Waals surface area (Å²) in [5.74, 6) is 0.495. The zero-order chi connectivity index (χ0) is 10.3. The average Bonchev–Trinajstić information content (AvgIpc) is 2.58. The summed E-state index contributed by atoms with van der Waals surface area (Å²) in [7, 11) is 0. The monoisotopic (exact) mass is 202 g/mol. The number of rotatable bonds is 1. The Morgan fingerprint density at radius 1 is 1.33 bits per heavy atom. The Balaban J connectivity index is 1.86. The van der Waals surface area contributed by atoms with Gasteiger partial charge in [0, 0.05) is 25.3 Å². The number of carbonyl (C=O) groups excluding carboxylic acids is 1. The van der Waals surface area contributed by atoms with Crippen molar-refractivity contribution in [2.45, 2.75) is 6.42 Å². The Bertz CT molecular complexity index is 398. The minimum atomic E-state index is 0.205. The van der Waals surface area contributed by atoms with Gasteiger partial charge in [-0.1, -0.05) is 18.2 Å². The fraction of sp³-hybridized carbons (Fsp3) is 0.417. The molecule has 1 fully saturated rings. The number of hydrogen-bond donors (Lipinski definition) is 1. The quantitative estimate of drug-likeness (QED) is 0.730. The van der Waals surface area contributed by atoms with E-state index in [0.29, 0.717) is 5.91 Å². The number of carbonyl (C=O) groups is 1. The van der Waals surface area contributed by atoms with E-state index in [1.807, 2.05) is 23.1 Å². The van der Waals surface area contributed by atoms with Gasteiger partial charge in [0.05, 0.1) is 5.92 Å². The molecule has 0 bridgehead atoms. The van der Waals surface area contributed by atoms with Crippen LogP contribution in [-0.2, 0) is 11.2 Å². The third-order valence-electron chi connectivity index (χ3n) is 3.28. The van der Waals surface area contributed by atoms with Crippen LogP contribution in [-0.4, -0.2) is 25.5 Å². The fourth-order valence-corrected chi connectivity index (χ4v) is 2.25. The van der Waals surface area contributed by atoms with E-state index in [1.54, 1.807) is 0 Å². The lowest BCUT2D eigenvalue weighted by Crippen LogP contribution is -2.51. The maximum atomic E-state index is 12.1. The number of anilines is 1. The molecular formula is C12H14N2O. The van der Waals surface area contributed by atoms with Gasteiger partial charge < -0.3 is 10.2 Å². The average molecular weight is 202 g/mol. The molecule has 0 saturated carbocycles. The van der Waals surface area contributed by atoms with E-state index in [2.05, 4.69) is 11.4 Å². The van der Waals surface area contributed by atoms with Gasteiger partial charge in [-0.15, -0.1) is 0 Å². The third-order valence-corrected chi connectivity index (χ3v) is 3.28. The van der Waals surface area contributed by atoms with Crippen molar-refractivity contribution in [1.82, 2.24) is 5.32 Å². The van der Waals surface area contributed by atoms with Gasteiger partial charge >= 0.3 is 0 Å². The van der Waals surface area contributed by atoms with E-state index < -0.39 is 0 Å². The maximum Gasteiger partial charge on any atom is 0.232 e. The maximum absolute atomic E-state index is 12.1. The van der Waals surface area contributed by atoms with Crippen molar-refractivity contribution in [2.75, 3.05) is 24.5 Å². The molecule has 0 unspecified atom stereocenters. The van der Waals surface area contributed by atoms with E-state index in [1.165, 1.54) is 5.56 Å². The molecule has 3 heteroatoms. The number of fused-ring (bicyclic) bond motifs is 1. The summed E-state index contributed by atoms with van der Waals surface area (Å²) >= 11 is 0. The normalized spacial score (nSPS) is 19.9. The fourth-order valence-electron chi connectivity index (χ4n) is 2.25. The Labute approximate surface area is 89.1 Å². The van der Waals surface area contributed by atoms with Gasteiger partial charge in [0.25, 0.3) is 0 Å². The highest BCUT2D eigenvalue weighted by atomic mass is 16.2. The largest absolute Gasteiger partial charge is 0.315 e. The van der Waals surface area contributed by atoms with Crippen LogP contribution in [0.25, 0.3) is 0 Å². The standard InChI is InChI=1S/C12H14N2O/c15-12(10-7-13-8-10)14-6-5-9-3-1-2-4-11(9)14/h1-4,10,13H,5-8H2. The smallest absolute Gasteiger partial charge is 0.232 e. The van der Waals surface area contributed by atoms with Crippen molar-refractivity contribution in [3.05, 3.63) is 29.8 Å². The van der Waals surface area contributed by atoms with E-state index in [0.717, 1.165) is 31.7 Å². The number of amides is 1. The predicted octanol–water partition coefficient (Wildman–Crippen LogP) is 0.795. The summed E-state index contributed by atoms with van der Waals surface area (Å²) in [6.45, 7) is 2.55. The Morgan fingerprint density at radius 2 is 2.13 bits per heavy atom. The van der Waals surface area contributed by atoms with Crippen LogP contribution in [0, 0.1) is 5.92 Å². The topological polar surface area (TPSA) is 32.3 Å². The molecule has 0 atom stereocenters.